The first-order chi connectivity index (χ1) is 14.0. The summed E-state index contributed by atoms with van der Waals surface area (Å²) < 4.78 is 17.1. The van der Waals surface area contributed by atoms with Crippen LogP contribution in [-0.2, 0) is 6.42 Å². The van der Waals surface area contributed by atoms with E-state index in [2.05, 4.69) is 17.1 Å². The molecule has 4 rings (SSSR count). The van der Waals surface area contributed by atoms with Gasteiger partial charge in [0, 0.05) is 23.1 Å². The highest BCUT2D eigenvalue weighted by atomic mass is 16.5. The molecule has 1 atom stereocenters. The molecule has 2 aromatic carbocycles. The third-order valence-electron chi connectivity index (χ3n) is 4.72. The number of benzene rings is 2. The van der Waals surface area contributed by atoms with E-state index in [1.165, 1.54) is 0 Å². The Morgan fingerprint density at radius 1 is 1.03 bits per heavy atom. The molecule has 0 aliphatic carbocycles. The quantitative estimate of drug-likeness (QED) is 0.419. The normalized spacial score (nSPS) is 12.2. The van der Waals surface area contributed by atoms with Crippen molar-refractivity contribution in [3.05, 3.63) is 76.0 Å². The van der Waals surface area contributed by atoms with Crippen LogP contribution < -0.4 is 10.4 Å². The Morgan fingerprint density at radius 3 is 2.59 bits per heavy atom. The van der Waals surface area contributed by atoms with Crippen LogP contribution in [0.5, 0.6) is 5.75 Å². The van der Waals surface area contributed by atoms with Crippen LogP contribution in [0.3, 0.4) is 0 Å². The summed E-state index contributed by atoms with van der Waals surface area (Å²) in [6, 6.07) is 14.9. The van der Waals surface area contributed by atoms with Crippen LogP contribution in [-0.4, -0.2) is 10.2 Å². The highest BCUT2D eigenvalue weighted by Crippen LogP contribution is 2.28. The monoisotopic (exact) mass is 390 g/mol. The van der Waals surface area contributed by atoms with Crippen molar-refractivity contribution in [2.45, 2.75) is 39.7 Å². The van der Waals surface area contributed by atoms with E-state index in [0.717, 1.165) is 34.9 Å². The number of aryl methyl sites for hydroxylation is 2. The summed E-state index contributed by atoms with van der Waals surface area (Å²) >= 11 is 0. The van der Waals surface area contributed by atoms with Crippen molar-refractivity contribution in [2.24, 2.45) is 0 Å². The molecule has 0 amide bonds. The lowest BCUT2D eigenvalue weighted by Crippen LogP contribution is -2.04. The van der Waals surface area contributed by atoms with Crippen LogP contribution in [0.4, 0.5) is 0 Å². The zero-order valence-electron chi connectivity index (χ0n) is 16.6. The van der Waals surface area contributed by atoms with Crippen LogP contribution in [0.15, 0.2) is 62.2 Å². The molecule has 0 radical (unpaired) electrons. The van der Waals surface area contributed by atoms with E-state index >= 15 is 0 Å². The second kappa shape index (κ2) is 7.91. The number of rotatable bonds is 6. The Labute approximate surface area is 168 Å². The third kappa shape index (κ3) is 4.06. The Balaban J connectivity index is 1.57. The number of nitrogens with zero attached hydrogens (tertiary/aromatic N) is 2. The fourth-order valence-corrected chi connectivity index (χ4v) is 3.23. The maximum Gasteiger partial charge on any atom is 0.336 e. The first-order valence-corrected chi connectivity index (χ1v) is 9.67. The minimum absolute atomic E-state index is 0.356. The van der Waals surface area contributed by atoms with Crippen molar-refractivity contribution in [3.8, 4) is 17.2 Å². The largest absolute Gasteiger partial charge is 0.481 e. The molecule has 29 heavy (non-hydrogen) atoms. The second-order valence-corrected chi connectivity index (χ2v) is 7.07. The van der Waals surface area contributed by atoms with Crippen molar-refractivity contribution in [3.63, 3.8) is 0 Å². The van der Waals surface area contributed by atoms with Crippen LogP contribution in [0.1, 0.15) is 43.4 Å². The predicted molar refractivity (Wildman–Crippen MR) is 110 cm³/mol. The first kappa shape index (κ1) is 18.9. The summed E-state index contributed by atoms with van der Waals surface area (Å²) in [7, 11) is 0. The zero-order chi connectivity index (χ0) is 20.4. The third-order valence-corrected chi connectivity index (χ3v) is 4.72. The predicted octanol–water partition coefficient (Wildman–Crippen LogP) is 5.24. The fourth-order valence-electron chi connectivity index (χ4n) is 3.23. The molecule has 0 fully saturated rings. The summed E-state index contributed by atoms with van der Waals surface area (Å²) in [6.45, 7) is 5.94. The van der Waals surface area contributed by atoms with Gasteiger partial charge in [-0.2, -0.15) is 0 Å². The molecular weight excluding hydrogens is 368 g/mol. The molecule has 0 unspecified atom stereocenters. The van der Waals surface area contributed by atoms with Gasteiger partial charge in [0.15, 0.2) is 6.10 Å². The van der Waals surface area contributed by atoms with Gasteiger partial charge in [-0.3, -0.25) is 0 Å². The van der Waals surface area contributed by atoms with Crippen LogP contribution in [0, 0.1) is 6.92 Å². The Morgan fingerprint density at radius 2 is 1.83 bits per heavy atom. The molecule has 6 heteroatoms. The van der Waals surface area contributed by atoms with Crippen LogP contribution in [0.2, 0.25) is 0 Å². The summed E-state index contributed by atoms with van der Waals surface area (Å²) in [5.41, 5.74) is 3.16. The molecule has 6 nitrogen and oxygen atoms in total. The summed E-state index contributed by atoms with van der Waals surface area (Å²) in [5, 5.41) is 9.15. The minimum Gasteiger partial charge on any atom is -0.481 e. The van der Waals surface area contributed by atoms with Crippen molar-refractivity contribution < 1.29 is 13.6 Å². The van der Waals surface area contributed by atoms with E-state index in [1.54, 1.807) is 12.1 Å². The van der Waals surface area contributed by atoms with Gasteiger partial charge < -0.3 is 13.6 Å². The van der Waals surface area contributed by atoms with Crippen molar-refractivity contribution in [2.75, 3.05) is 0 Å². The zero-order valence-corrected chi connectivity index (χ0v) is 16.6. The number of hydrogen-bond donors (Lipinski definition) is 0. The number of aromatic nitrogens is 2. The van der Waals surface area contributed by atoms with E-state index in [0.29, 0.717) is 23.1 Å². The molecule has 0 saturated heterocycles. The van der Waals surface area contributed by atoms with E-state index in [-0.39, 0.29) is 5.63 Å². The van der Waals surface area contributed by atoms with Gasteiger partial charge in [0.05, 0.1) is 0 Å². The van der Waals surface area contributed by atoms with Gasteiger partial charge in [0.1, 0.15) is 11.3 Å². The highest BCUT2D eigenvalue weighted by molar-refractivity contribution is 5.81. The molecule has 148 valence electrons. The van der Waals surface area contributed by atoms with Crippen molar-refractivity contribution in [1.29, 1.82) is 0 Å². The molecule has 0 bridgehead atoms. The Hall–Kier alpha value is -3.41. The second-order valence-electron chi connectivity index (χ2n) is 7.07. The van der Waals surface area contributed by atoms with Gasteiger partial charge in [-0.25, -0.2) is 4.79 Å². The lowest BCUT2D eigenvalue weighted by Gasteiger charge is -2.12. The molecular formula is C23H22N2O4. The van der Waals surface area contributed by atoms with E-state index in [1.807, 2.05) is 50.2 Å². The summed E-state index contributed by atoms with van der Waals surface area (Å²) in [5.74, 6) is 1.39. The Kier molecular flexibility index (Phi) is 5.16. The molecule has 2 aromatic heterocycles. The Bertz CT molecular complexity index is 1190. The van der Waals surface area contributed by atoms with Gasteiger partial charge in [0.25, 0.3) is 5.89 Å². The summed E-state index contributed by atoms with van der Waals surface area (Å²) in [6.07, 6.45) is 1.32. The molecule has 0 saturated carbocycles. The van der Waals surface area contributed by atoms with E-state index in [4.69, 9.17) is 13.6 Å². The van der Waals surface area contributed by atoms with Gasteiger partial charge in [-0.15, -0.1) is 10.2 Å². The molecule has 0 aliphatic heterocycles. The van der Waals surface area contributed by atoms with Gasteiger partial charge >= 0.3 is 5.63 Å². The lowest BCUT2D eigenvalue weighted by molar-refractivity contribution is 0.189. The number of ether oxygens (including phenoxy) is 1. The molecule has 0 spiro atoms. The average Bonchev–Trinajstić information content (AvgIpc) is 3.19. The maximum atomic E-state index is 11.9. The summed E-state index contributed by atoms with van der Waals surface area (Å²) in [4.78, 5) is 11.9. The lowest BCUT2D eigenvalue weighted by atomic mass is 10.1. The average molecular weight is 390 g/mol. The standard InChI is InChI=1S/C23H22N2O4/c1-4-5-17-12-21(26)28-20-13-18(10-11-19(17)20)27-15(3)22-24-25-23(29-22)16-8-6-14(2)7-9-16/h6-13,15H,4-5H2,1-3H3/t15-/m1/s1. The van der Waals surface area contributed by atoms with Crippen molar-refractivity contribution >= 4 is 11.0 Å². The first-order valence-electron chi connectivity index (χ1n) is 9.67. The van der Waals surface area contributed by atoms with Crippen molar-refractivity contribution in [1.82, 2.24) is 10.2 Å². The smallest absolute Gasteiger partial charge is 0.336 e. The maximum absolute atomic E-state index is 11.9. The molecule has 2 heterocycles. The number of fused-ring (bicyclic) bond motifs is 1. The van der Waals surface area contributed by atoms with Gasteiger partial charge in [-0.1, -0.05) is 31.0 Å². The van der Waals surface area contributed by atoms with Crippen LogP contribution in [0.25, 0.3) is 22.4 Å². The van der Waals surface area contributed by atoms with Gasteiger partial charge in [0.2, 0.25) is 5.89 Å². The SMILES string of the molecule is CCCc1cc(=O)oc2cc(O[C@H](C)c3nnc(-c4ccc(C)cc4)o3)ccc12. The molecule has 0 N–H and O–H groups in total. The van der Waals surface area contributed by atoms with Gasteiger partial charge in [-0.05, 0) is 50.1 Å². The van der Waals surface area contributed by atoms with E-state index in [9.17, 15) is 4.79 Å². The van der Waals surface area contributed by atoms with Crippen LogP contribution >= 0.6 is 0 Å². The highest BCUT2D eigenvalue weighted by Gasteiger charge is 2.17. The minimum atomic E-state index is -0.454. The number of hydrogen-bond acceptors (Lipinski definition) is 6. The molecule has 4 aromatic rings. The topological polar surface area (TPSA) is 78.4 Å². The van der Waals surface area contributed by atoms with E-state index < -0.39 is 6.10 Å². The molecule has 0 aliphatic rings. The fraction of sp³-hybridized carbons (Fsp3) is 0.261.